The molecule has 0 heterocycles. The van der Waals surface area contributed by atoms with Gasteiger partial charge < -0.3 is 10.1 Å². The molecule has 1 rings (SSSR count). The van der Waals surface area contributed by atoms with E-state index in [4.69, 9.17) is 17.0 Å². The second-order valence-electron chi connectivity index (χ2n) is 3.17. The predicted molar refractivity (Wildman–Crippen MR) is 77.3 cm³/mol. The summed E-state index contributed by atoms with van der Waals surface area (Å²) in [5.74, 6) is 0. The Balaban J connectivity index is 2.29. The molecule has 4 nitrogen and oxygen atoms in total. The van der Waals surface area contributed by atoms with E-state index in [1.807, 2.05) is 24.3 Å². The van der Waals surface area contributed by atoms with E-state index in [1.54, 1.807) is 13.3 Å². The van der Waals surface area contributed by atoms with Crippen LogP contribution in [0.3, 0.4) is 0 Å². The average Bonchev–Trinajstić information content (AvgIpc) is 2.32. The molecule has 0 unspecified atom stereocenters. The number of nitrogens with one attached hydrogen (secondary N) is 2. The number of halogens is 1. The van der Waals surface area contributed by atoms with Gasteiger partial charge in [0.05, 0.1) is 12.8 Å². The number of ether oxygens (including phenoxy) is 1. The molecule has 0 atom stereocenters. The molecule has 0 saturated heterocycles. The fraction of sp³-hybridized carbons (Fsp3) is 0.273. The van der Waals surface area contributed by atoms with Gasteiger partial charge in [0, 0.05) is 18.1 Å². The number of methoxy groups -OCH3 is 1. The zero-order chi connectivity index (χ0) is 12.5. The van der Waals surface area contributed by atoms with Crippen LogP contribution in [0.25, 0.3) is 0 Å². The fourth-order valence-electron chi connectivity index (χ4n) is 1.02. The van der Waals surface area contributed by atoms with Crippen LogP contribution in [0.15, 0.2) is 33.8 Å². The van der Waals surface area contributed by atoms with Gasteiger partial charge in [-0.05, 0) is 29.9 Å². The van der Waals surface area contributed by atoms with E-state index >= 15 is 0 Å². The van der Waals surface area contributed by atoms with Gasteiger partial charge in [-0.25, -0.2) is 0 Å². The Morgan fingerprint density at radius 2 is 2.18 bits per heavy atom. The Kier molecular flexibility index (Phi) is 6.76. The third-order valence-corrected chi connectivity index (χ3v) is 2.61. The van der Waals surface area contributed by atoms with Crippen LogP contribution >= 0.6 is 28.1 Å². The van der Waals surface area contributed by atoms with Crippen molar-refractivity contribution in [2.75, 3.05) is 20.3 Å². The maximum Gasteiger partial charge on any atom is 0.187 e. The number of thiocarbonyl (C=S) groups is 1. The zero-order valence-electron chi connectivity index (χ0n) is 9.44. The van der Waals surface area contributed by atoms with Crippen LogP contribution in [0.1, 0.15) is 5.56 Å². The van der Waals surface area contributed by atoms with Gasteiger partial charge in [0.1, 0.15) is 0 Å². The summed E-state index contributed by atoms with van der Waals surface area (Å²) >= 11 is 8.37. The first-order chi connectivity index (χ1) is 8.22. The highest BCUT2D eigenvalue weighted by Crippen LogP contribution is 2.08. The summed E-state index contributed by atoms with van der Waals surface area (Å²) < 4.78 is 5.93. The molecule has 0 saturated carbocycles. The summed E-state index contributed by atoms with van der Waals surface area (Å²) in [5.41, 5.74) is 3.73. The molecule has 92 valence electrons. The molecule has 2 N–H and O–H groups in total. The molecule has 0 amide bonds. The van der Waals surface area contributed by atoms with Crippen molar-refractivity contribution in [2.45, 2.75) is 0 Å². The minimum atomic E-state index is 0.482. The van der Waals surface area contributed by atoms with Crippen LogP contribution in [0.2, 0.25) is 0 Å². The smallest absolute Gasteiger partial charge is 0.187 e. The van der Waals surface area contributed by atoms with Gasteiger partial charge in [-0.1, -0.05) is 28.1 Å². The van der Waals surface area contributed by atoms with Crippen molar-refractivity contribution < 1.29 is 4.74 Å². The molecule has 0 spiro atoms. The lowest BCUT2D eigenvalue weighted by Crippen LogP contribution is -2.34. The number of hydrazone groups is 1. The van der Waals surface area contributed by atoms with Crippen molar-refractivity contribution >= 4 is 39.5 Å². The number of hydrogen-bond donors (Lipinski definition) is 2. The van der Waals surface area contributed by atoms with Gasteiger partial charge in [0.2, 0.25) is 0 Å². The number of hydrogen-bond acceptors (Lipinski definition) is 3. The van der Waals surface area contributed by atoms with Crippen molar-refractivity contribution in [3.05, 3.63) is 34.3 Å². The van der Waals surface area contributed by atoms with Crippen LogP contribution in [-0.4, -0.2) is 31.6 Å². The van der Waals surface area contributed by atoms with Crippen LogP contribution in [-0.2, 0) is 4.74 Å². The average molecular weight is 316 g/mol. The maximum absolute atomic E-state index is 5.00. The van der Waals surface area contributed by atoms with E-state index in [2.05, 4.69) is 31.8 Å². The van der Waals surface area contributed by atoms with Crippen LogP contribution in [0, 0.1) is 0 Å². The van der Waals surface area contributed by atoms with Crippen LogP contribution in [0.5, 0.6) is 0 Å². The molecule has 17 heavy (non-hydrogen) atoms. The first-order valence-corrected chi connectivity index (χ1v) is 6.24. The molecule has 0 aromatic heterocycles. The number of rotatable bonds is 5. The lowest BCUT2D eigenvalue weighted by molar-refractivity contribution is 0.204. The normalized spacial score (nSPS) is 10.5. The molecule has 0 radical (unpaired) electrons. The fourth-order valence-corrected chi connectivity index (χ4v) is 1.44. The van der Waals surface area contributed by atoms with Crippen molar-refractivity contribution in [1.82, 2.24) is 10.7 Å². The summed E-state index contributed by atoms with van der Waals surface area (Å²) in [6, 6.07) is 7.82. The highest BCUT2D eigenvalue weighted by Gasteiger charge is 1.91. The Morgan fingerprint density at radius 3 is 2.82 bits per heavy atom. The molecular weight excluding hydrogens is 302 g/mol. The van der Waals surface area contributed by atoms with E-state index in [9.17, 15) is 0 Å². The standard InChI is InChI=1S/C11H14BrN3OS/c1-16-7-6-13-11(17)15-14-8-9-2-4-10(12)5-3-9/h2-5,8H,6-7H2,1H3,(H2,13,15,17)/b14-8+. The second kappa shape index (κ2) is 8.16. The van der Waals surface area contributed by atoms with E-state index in [-0.39, 0.29) is 0 Å². The van der Waals surface area contributed by atoms with E-state index in [0.717, 1.165) is 10.0 Å². The largest absolute Gasteiger partial charge is 0.383 e. The summed E-state index contributed by atoms with van der Waals surface area (Å²) in [6.07, 6.45) is 1.71. The third-order valence-electron chi connectivity index (χ3n) is 1.84. The molecular formula is C11H14BrN3OS. The van der Waals surface area contributed by atoms with Gasteiger partial charge >= 0.3 is 0 Å². The zero-order valence-corrected chi connectivity index (χ0v) is 11.8. The first-order valence-electron chi connectivity index (χ1n) is 5.04. The van der Waals surface area contributed by atoms with Gasteiger partial charge in [-0.3, -0.25) is 5.43 Å². The minimum Gasteiger partial charge on any atom is -0.383 e. The summed E-state index contributed by atoms with van der Waals surface area (Å²) in [4.78, 5) is 0. The van der Waals surface area contributed by atoms with E-state index in [0.29, 0.717) is 18.3 Å². The molecule has 6 heteroatoms. The Labute approximate surface area is 115 Å². The first kappa shape index (κ1) is 14.1. The Hall–Kier alpha value is -0.980. The van der Waals surface area contributed by atoms with Crippen LogP contribution < -0.4 is 10.7 Å². The van der Waals surface area contributed by atoms with Crippen molar-refractivity contribution in [3.8, 4) is 0 Å². The maximum atomic E-state index is 5.00. The van der Waals surface area contributed by atoms with Crippen LogP contribution in [0.4, 0.5) is 0 Å². The Bertz CT molecular complexity index is 381. The minimum absolute atomic E-state index is 0.482. The quantitative estimate of drug-likeness (QED) is 0.377. The van der Waals surface area contributed by atoms with Gasteiger partial charge in [-0.15, -0.1) is 0 Å². The molecule has 0 aliphatic rings. The van der Waals surface area contributed by atoms with Crippen molar-refractivity contribution in [3.63, 3.8) is 0 Å². The van der Waals surface area contributed by atoms with Gasteiger partial charge in [0.25, 0.3) is 0 Å². The topological polar surface area (TPSA) is 45.6 Å². The number of benzene rings is 1. The molecule has 1 aromatic carbocycles. The molecule has 0 aliphatic carbocycles. The summed E-state index contributed by atoms with van der Waals surface area (Å²) in [7, 11) is 1.64. The molecule has 0 bridgehead atoms. The molecule has 1 aromatic rings. The highest BCUT2D eigenvalue weighted by molar-refractivity contribution is 9.10. The number of nitrogens with zero attached hydrogens (tertiary/aromatic N) is 1. The van der Waals surface area contributed by atoms with E-state index in [1.165, 1.54) is 0 Å². The highest BCUT2D eigenvalue weighted by atomic mass is 79.9. The van der Waals surface area contributed by atoms with Gasteiger partial charge in [0.15, 0.2) is 5.11 Å². The van der Waals surface area contributed by atoms with E-state index < -0.39 is 0 Å². The molecule has 0 aliphatic heterocycles. The Morgan fingerprint density at radius 1 is 1.47 bits per heavy atom. The summed E-state index contributed by atoms with van der Waals surface area (Å²) in [5, 5.41) is 7.45. The lowest BCUT2D eigenvalue weighted by atomic mass is 10.2. The summed E-state index contributed by atoms with van der Waals surface area (Å²) in [6.45, 7) is 1.27. The SMILES string of the molecule is COCCNC(=S)N/N=C/c1ccc(Br)cc1. The predicted octanol–water partition coefficient (Wildman–Crippen LogP) is 1.89. The van der Waals surface area contributed by atoms with Gasteiger partial charge in [-0.2, -0.15) is 5.10 Å². The monoisotopic (exact) mass is 315 g/mol. The second-order valence-corrected chi connectivity index (χ2v) is 4.49. The van der Waals surface area contributed by atoms with Crippen molar-refractivity contribution in [1.29, 1.82) is 0 Å². The molecule has 0 fully saturated rings. The van der Waals surface area contributed by atoms with Crippen molar-refractivity contribution in [2.24, 2.45) is 5.10 Å². The third kappa shape index (κ3) is 6.35. The lowest BCUT2D eigenvalue weighted by Gasteiger charge is -2.05.